The highest BCUT2D eigenvalue weighted by Crippen LogP contribution is 2.32. The molecule has 37 heavy (non-hydrogen) atoms. The standard InChI is InChI=1S/C27H22ClN5O3S/c1-16-5-7-20(12-17(16)2)35-10-11-36-23-8-6-18(14-22(23)28)13-21-24(29)33-27(31-25(21)34)37-26(32-33)19-4-3-9-30-15-19/h3-9,12-15,29H,10-11H2,1-2H3. The molecule has 0 atom stereocenters. The SMILES string of the molecule is Cc1ccc(OCCOc2ccc(C=C3C(=N)N4N=C(c5cccnc5)SC4=NC3=O)cc2Cl)cc1C. The molecule has 0 spiro atoms. The molecule has 0 unspecified atom stereocenters. The van der Waals surface area contributed by atoms with Gasteiger partial charge >= 0.3 is 0 Å². The molecule has 0 fully saturated rings. The van der Waals surface area contributed by atoms with Gasteiger partial charge in [0.25, 0.3) is 5.91 Å². The summed E-state index contributed by atoms with van der Waals surface area (Å²) in [4.78, 5) is 20.9. The van der Waals surface area contributed by atoms with E-state index in [1.165, 1.54) is 27.9 Å². The van der Waals surface area contributed by atoms with Crippen LogP contribution >= 0.6 is 23.4 Å². The molecule has 2 aromatic carbocycles. The molecule has 1 amide bonds. The van der Waals surface area contributed by atoms with Gasteiger partial charge in [-0.15, -0.1) is 0 Å². The third-order valence-electron chi connectivity index (χ3n) is 5.72. The Kier molecular flexibility index (Phi) is 7.07. The molecule has 0 aliphatic carbocycles. The minimum absolute atomic E-state index is 0.0543. The van der Waals surface area contributed by atoms with Crippen LogP contribution in [-0.2, 0) is 4.79 Å². The molecule has 0 saturated carbocycles. The van der Waals surface area contributed by atoms with Crippen LogP contribution in [0.3, 0.4) is 0 Å². The fourth-order valence-corrected chi connectivity index (χ4v) is 4.73. The minimum atomic E-state index is -0.508. The van der Waals surface area contributed by atoms with E-state index in [1.54, 1.807) is 42.7 Å². The van der Waals surface area contributed by atoms with Crippen molar-refractivity contribution in [3.8, 4) is 11.5 Å². The topological polar surface area (TPSA) is 100 Å². The summed E-state index contributed by atoms with van der Waals surface area (Å²) in [6.45, 7) is 4.78. The number of nitrogens with zero attached hydrogens (tertiary/aromatic N) is 4. The fraction of sp³-hybridized carbons (Fsp3) is 0.148. The van der Waals surface area contributed by atoms with Crippen LogP contribution in [0.5, 0.6) is 11.5 Å². The molecule has 5 rings (SSSR count). The van der Waals surface area contributed by atoms with Crippen molar-refractivity contribution in [2.45, 2.75) is 13.8 Å². The first kappa shape index (κ1) is 24.7. The summed E-state index contributed by atoms with van der Waals surface area (Å²) in [7, 11) is 0. The van der Waals surface area contributed by atoms with E-state index in [1.807, 2.05) is 31.2 Å². The van der Waals surface area contributed by atoms with Crippen molar-refractivity contribution in [2.75, 3.05) is 13.2 Å². The van der Waals surface area contributed by atoms with Gasteiger partial charge in [-0.2, -0.15) is 15.1 Å². The molecule has 0 bridgehead atoms. The number of carbonyl (C=O) groups excluding carboxylic acids is 1. The van der Waals surface area contributed by atoms with E-state index in [4.69, 9.17) is 26.5 Å². The molecular weight excluding hydrogens is 510 g/mol. The Bertz CT molecular complexity index is 1490. The highest BCUT2D eigenvalue weighted by atomic mass is 35.5. The quantitative estimate of drug-likeness (QED) is 0.320. The molecule has 3 aromatic rings. The summed E-state index contributed by atoms with van der Waals surface area (Å²) in [5.74, 6) is 0.727. The summed E-state index contributed by atoms with van der Waals surface area (Å²) in [5.41, 5.74) is 3.93. The maximum Gasteiger partial charge on any atom is 0.283 e. The van der Waals surface area contributed by atoms with Crippen molar-refractivity contribution in [3.05, 3.63) is 93.8 Å². The van der Waals surface area contributed by atoms with Gasteiger partial charge in [-0.1, -0.05) is 23.7 Å². The van der Waals surface area contributed by atoms with Crippen molar-refractivity contribution in [1.29, 1.82) is 5.41 Å². The van der Waals surface area contributed by atoms with E-state index in [0.29, 0.717) is 39.8 Å². The lowest BCUT2D eigenvalue weighted by Gasteiger charge is -2.20. The third kappa shape index (κ3) is 5.42. The highest BCUT2D eigenvalue weighted by Gasteiger charge is 2.36. The number of thioether (sulfide) groups is 1. The molecule has 186 valence electrons. The number of nitrogens with one attached hydrogen (secondary N) is 1. The predicted octanol–water partition coefficient (Wildman–Crippen LogP) is 5.48. The first-order valence-electron chi connectivity index (χ1n) is 11.4. The van der Waals surface area contributed by atoms with Crippen molar-refractivity contribution in [2.24, 2.45) is 10.1 Å². The van der Waals surface area contributed by atoms with E-state index in [2.05, 4.69) is 22.0 Å². The maximum absolute atomic E-state index is 12.7. The van der Waals surface area contributed by atoms with Gasteiger partial charge < -0.3 is 9.47 Å². The van der Waals surface area contributed by atoms with Crippen LogP contribution in [0.4, 0.5) is 0 Å². The molecular formula is C27H22ClN5O3S. The molecule has 1 aromatic heterocycles. The van der Waals surface area contributed by atoms with Crippen LogP contribution < -0.4 is 9.47 Å². The second kappa shape index (κ2) is 10.6. The normalized spacial score (nSPS) is 16.0. The largest absolute Gasteiger partial charge is 0.490 e. The number of carbonyl (C=O) groups is 1. The predicted molar refractivity (Wildman–Crippen MR) is 147 cm³/mol. The number of hydrazone groups is 1. The number of ether oxygens (including phenoxy) is 2. The smallest absolute Gasteiger partial charge is 0.283 e. The van der Waals surface area contributed by atoms with E-state index in [-0.39, 0.29) is 11.4 Å². The first-order chi connectivity index (χ1) is 17.9. The number of hydrogen-bond donors (Lipinski definition) is 1. The van der Waals surface area contributed by atoms with E-state index in [9.17, 15) is 4.79 Å². The van der Waals surface area contributed by atoms with Gasteiger partial charge in [0.2, 0.25) is 5.17 Å². The van der Waals surface area contributed by atoms with Crippen LogP contribution in [0.1, 0.15) is 22.3 Å². The Labute approximate surface area is 223 Å². The zero-order valence-corrected chi connectivity index (χ0v) is 21.6. The average Bonchev–Trinajstić information content (AvgIpc) is 3.32. The zero-order valence-electron chi connectivity index (χ0n) is 20.1. The number of pyridine rings is 1. The van der Waals surface area contributed by atoms with Gasteiger partial charge in [-0.3, -0.25) is 15.2 Å². The third-order valence-corrected chi connectivity index (χ3v) is 6.97. The molecule has 2 aliphatic rings. The second-order valence-electron chi connectivity index (χ2n) is 8.30. The number of aryl methyl sites for hydroxylation is 2. The summed E-state index contributed by atoms with van der Waals surface area (Å²) < 4.78 is 11.5. The van der Waals surface area contributed by atoms with Gasteiger partial charge in [0, 0.05) is 18.0 Å². The molecule has 2 aliphatic heterocycles. The Hall–Kier alpha value is -3.95. The lowest BCUT2D eigenvalue weighted by Crippen LogP contribution is -2.35. The van der Waals surface area contributed by atoms with Crippen LogP contribution in [0, 0.1) is 19.3 Å². The van der Waals surface area contributed by atoms with Crippen molar-refractivity contribution >= 4 is 51.4 Å². The summed E-state index contributed by atoms with van der Waals surface area (Å²) >= 11 is 7.65. The molecule has 3 heterocycles. The first-order valence-corrected chi connectivity index (χ1v) is 12.6. The number of amidine groups is 2. The van der Waals surface area contributed by atoms with Crippen molar-refractivity contribution in [1.82, 2.24) is 9.99 Å². The Morgan fingerprint density at radius 1 is 1.08 bits per heavy atom. The molecule has 0 saturated heterocycles. The Balaban J connectivity index is 1.24. The van der Waals surface area contributed by atoms with Crippen LogP contribution in [0.15, 0.2) is 76.6 Å². The minimum Gasteiger partial charge on any atom is -0.490 e. The Morgan fingerprint density at radius 3 is 2.68 bits per heavy atom. The number of aliphatic imine (C=N–C) groups is 1. The number of amides is 1. The molecule has 10 heteroatoms. The fourth-order valence-electron chi connectivity index (χ4n) is 3.60. The zero-order chi connectivity index (χ0) is 25.9. The van der Waals surface area contributed by atoms with Gasteiger partial charge in [-0.05, 0) is 84.8 Å². The Morgan fingerprint density at radius 2 is 1.92 bits per heavy atom. The van der Waals surface area contributed by atoms with Crippen molar-refractivity contribution in [3.63, 3.8) is 0 Å². The van der Waals surface area contributed by atoms with Gasteiger partial charge in [0.05, 0.1) is 10.6 Å². The van der Waals surface area contributed by atoms with E-state index < -0.39 is 5.91 Å². The highest BCUT2D eigenvalue weighted by molar-refractivity contribution is 8.27. The number of rotatable bonds is 7. The van der Waals surface area contributed by atoms with Gasteiger partial charge in [-0.25, -0.2) is 0 Å². The van der Waals surface area contributed by atoms with Gasteiger partial charge in [0.15, 0.2) is 5.84 Å². The summed E-state index contributed by atoms with van der Waals surface area (Å²) in [5, 5.41) is 15.7. The van der Waals surface area contributed by atoms with E-state index >= 15 is 0 Å². The number of halogens is 1. The van der Waals surface area contributed by atoms with Crippen molar-refractivity contribution < 1.29 is 14.3 Å². The lowest BCUT2D eigenvalue weighted by molar-refractivity contribution is -0.114. The maximum atomic E-state index is 12.7. The van der Waals surface area contributed by atoms with Crippen LogP contribution in [0.2, 0.25) is 5.02 Å². The average molecular weight is 532 g/mol. The summed E-state index contributed by atoms with van der Waals surface area (Å²) in [6, 6.07) is 14.8. The monoisotopic (exact) mass is 531 g/mol. The number of hydrogen-bond acceptors (Lipinski definition) is 7. The number of fused-ring (bicyclic) bond motifs is 1. The number of aromatic nitrogens is 1. The second-order valence-corrected chi connectivity index (χ2v) is 9.66. The summed E-state index contributed by atoms with van der Waals surface area (Å²) in [6.07, 6.45) is 4.92. The van der Waals surface area contributed by atoms with Gasteiger partial charge in [0.1, 0.15) is 29.8 Å². The van der Waals surface area contributed by atoms with Crippen LogP contribution in [-0.4, -0.2) is 45.2 Å². The molecule has 8 nitrogen and oxygen atoms in total. The van der Waals surface area contributed by atoms with E-state index in [0.717, 1.165) is 11.3 Å². The van der Waals surface area contributed by atoms with Crippen LogP contribution in [0.25, 0.3) is 6.08 Å². The molecule has 1 N–H and O–H groups in total. The lowest BCUT2D eigenvalue weighted by atomic mass is 10.1. The molecule has 0 radical (unpaired) electrons. The number of benzene rings is 2.